The maximum absolute atomic E-state index is 11.5. The third-order valence-corrected chi connectivity index (χ3v) is 1.98. The summed E-state index contributed by atoms with van der Waals surface area (Å²) in [5.41, 5.74) is 5.38. The van der Waals surface area contributed by atoms with Crippen LogP contribution < -0.4 is 16.4 Å². The number of hydrogen-bond donors (Lipinski definition) is 3. The fraction of sp³-hybridized carbons (Fsp3) is 0.875. The van der Waals surface area contributed by atoms with E-state index in [1.807, 2.05) is 6.92 Å². The molecule has 1 saturated heterocycles. The topological polar surface area (TPSA) is 76.4 Å². The van der Waals surface area contributed by atoms with Crippen molar-refractivity contribution in [2.75, 3.05) is 26.3 Å². The summed E-state index contributed by atoms with van der Waals surface area (Å²) in [6.45, 7) is 4.19. The van der Waals surface area contributed by atoms with Gasteiger partial charge in [-0.15, -0.1) is 12.4 Å². The second kappa shape index (κ2) is 7.00. The molecule has 4 N–H and O–H groups in total. The third kappa shape index (κ3) is 4.23. The summed E-state index contributed by atoms with van der Waals surface area (Å²) in [5.74, 6) is -0.0300. The van der Waals surface area contributed by atoms with Gasteiger partial charge in [-0.1, -0.05) is 0 Å². The summed E-state index contributed by atoms with van der Waals surface area (Å²) in [4.78, 5) is 11.5. The van der Waals surface area contributed by atoms with E-state index in [9.17, 15) is 4.79 Å². The predicted molar refractivity (Wildman–Crippen MR) is 56.5 cm³/mol. The van der Waals surface area contributed by atoms with E-state index in [1.165, 1.54) is 0 Å². The van der Waals surface area contributed by atoms with Crippen LogP contribution in [0.25, 0.3) is 0 Å². The molecule has 0 aliphatic carbocycles. The molecule has 84 valence electrons. The van der Waals surface area contributed by atoms with Crippen molar-refractivity contribution >= 4 is 18.3 Å². The Hall–Kier alpha value is -0.360. The van der Waals surface area contributed by atoms with Gasteiger partial charge in [0.15, 0.2) is 0 Å². The first-order valence-electron chi connectivity index (χ1n) is 4.55. The van der Waals surface area contributed by atoms with Gasteiger partial charge in [-0.2, -0.15) is 0 Å². The van der Waals surface area contributed by atoms with E-state index < -0.39 is 0 Å². The molecule has 0 radical (unpaired) electrons. The van der Waals surface area contributed by atoms with Crippen LogP contribution in [0.5, 0.6) is 0 Å². The molecule has 1 heterocycles. The van der Waals surface area contributed by atoms with E-state index in [0.29, 0.717) is 19.8 Å². The molecule has 0 aromatic heterocycles. The van der Waals surface area contributed by atoms with E-state index in [4.69, 9.17) is 10.5 Å². The van der Waals surface area contributed by atoms with Crippen molar-refractivity contribution in [2.45, 2.75) is 19.0 Å². The molecule has 2 atom stereocenters. The van der Waals surface area contributed by atoms with Crippen LogP contribution >= 0.6 is 12.4 Å². The normalized spacial score (nSPS) is 23.4. The molecule has 0 bridgehead atoms. The standard InChI is InChI=1S/C8H17N3O2.ClH/c1-6(4-9)11-8(12)7-5-13-3-2-10-7;/h6-7,10H,2-5,9H2,1H3,(H,11,12);1H/t6-,7?;/m1./s1. The number of halogens is 1. The van der Waals surface area contributed by atoms with Gasteiger partial charge in [0.2, 0.25) is 5.91 Å². The molecule has 0 spiro atoms. The Kier molecular flexibility index (Phi) is 6.82. The quantitative estimate of drug-likeness (QED) is 0.566. The van der Waals surface area contributed by atoms with Gasteiger partial charge in [0, 0.05) is 19.1 Å². The molecule has 6 heteroatoms. The van der Waals surface area contributed by atoms with Crippen molar-refractivity contribution in [3.8, 4) is 0 Å². The highest BCUT2D eigenvalue weighted by Gasteiger charge is 2.21. The van der Waals surface area contributed by atoms with E-state index in [-0.39, 0.29) is 30.4 Å². The number of morpholine rings is 1. The number of carbonyl (C=O) groups excluding carboxylic acids is 1. The average molecular weight is 224 g/mol. The fourth-order valence-electron chi connectivity index (χ4n) is 1.14. The van der Waals surface area contributed by atoms with Crippen LogP contribution in [0.1, 0.15) is 6.92 Å². The molecule has 1 unspecified atom stereocenters. The minimum absolute atomic E-state index is 0. The monoisotopic (exact) mass is 223 g/mol. The highest BCUT2D eigenvalue weighted by molar-refractivity contribution is 5.85. The van der Waals surface area contributed by atoms with Gasteiger partial charge in [0.25, 0.3) is 0 Å². The molecule has 0 aromatic carbocycles. The molecule has 5 nitrogen and oxygen atoms in total. The lowest BCUT2D eigenvalue weighted by atomic mass is 10.2. The summed E-state index contributed by atoms with van der Waals surface area (Å²) >= 11 is 0. The first-order valence-corrected chi connectivity index (χ1v) is 4.55. The maximum Gasteiger partial charge on any atom is 0.239 e. The molecule has 14 heavy (non-hydrogen) atoms. The highest BCUT2D eigenvalue weighted by atomic mass is 35.5. The van der Waals surface area contributed by atoms with Crippen LogP contribution in [-0.4, -0.2) is 44.3 Å². The minimum Gasteiger partial charge on any atom is -0.378 e. The van der Waals surface area contributed by atoms with Gasteiger partial charge in [0.1, 0.15) is 6.04 Å². The second-order valence-corrected chi connectivity index (χ2v) is 3.23. The van der Waals surface area contributed by atoms with Crippen LogP contribution in [0.2, 0.25) is 0 Å². The van der Waals surface area contributed by atoms with Crippen molar-refractivity contribution in [1.29, 1.82) is 0 Å². The van der Waals surface area contributed by atoms with Crippen LogP contribution in [0.15, 0.2) is 0 Å². The van der Waals surface area contributed by atoms with Crippen molar-refractivity contribution in [3.05, 3.63) is 0 Å². The van der Waals surface area contributed by atoms with Crippen LogP contribution in [0.3, 0.4) is 0 Å². The van der Waals surface area contributed by atoms with E-state index in [1.54, 1.807) is 0 Å². The van der Waals surface area contributed by atoms with Gasteiger partial charge in [0.05, 0.1) is 13.2 Å². The summed E-state index contributed by atoms with van der Waals surface area (Å²) in [7, 11) is 0. The summed E-state index contributed by atoms with van der Waals surface area (Å²) in [6, 6.07) is -0.195. The Morgan fingerprint density at radius 3 is 3.00 bits per heavy atom. The molecule has 1 rings (SSSR count). The summed E-state index contributed by atoms with van der Waals surface area (Å²) in [6.07, 6.45) is 0. The Bertz CT molecular complexity index is 174. The highest BCUT2D eigenvalue weighted by Crippen LogP contribution is 1.93. The van der Waals surface area contributed by atoms with Crippen molar-refractivity contribution in [2.24, 2.45) is 5.73 Å². The predicted octanol–water partition coefficient (Wildman–Crippen LogP) is -1.14. The Labute approximate surface area is 90.2 Å². The van der Waals surface area contributed by atoms with Crippen molar-refractivity contribution in [1.82, 2.24) is 10.6 Å². The SMILES string of the molecule is C[C@H](CN)NC(=O)C1COCCN1.Cl. The Morgan fingerprint density at radius 1 is 1.79 bits per heavy atom. The zero-order valence-corrected chi connectivity index (χ0v) is 9.10. The molecule has 0 aromatic rings. The zero-order valence-electron chi connectivity index (χ0n) is 8.29. The minimum atomic E-state index is -0.220. The average Bonchev–Trinajstić information content (AvgIpc) is 2.19. The van der Waals surface area contributed by atoms with Crippen molar-refractivity contribution < 1.29 is 9.53 Å². The maximum atomic E-state index is 11.5. The van der Waals surface area contributed by atoms with Crippen molar-refractivity contribution in [3.63, 3.8) is 0 Å². The third-order valence-electron chi connectivity index (χ3n) is 1.98. The van der Waals surface area contributed by atoms with Gasteiger partial charge >= 0.3 is 0 Å². The first-order chi connectivity index (χ1) is 6.24. The van der Waals surface area contributed by atoms with Crippen LogP contribution in [0.4, 0.5) is 0 Å². The molecular weight excluding hydrogens is 206 g/mol. The number of nitrogens with one attached hydrogen (secondary N) is 2. The summed E-state index contributed by atoms with van der Waals surface area (Å²) in [5, 5.41) is 5.86. The van der Waals surface area contributed by atoms with Gasteiger partial charge in [-0.3, -0.25) is 4.79 Å². The fourth-order valence-corrected chi connectivity index (χ4v) is 1.14. The summed E-state index contributed by atoms with van der Waals surface area (Å²) < 4.78 is 5.16. The van der Waals surface area contributed by atoms with E-state index in [0.717, 1.165) is 6.54 Å². The second-order valence-electron chi connectivity index (χ2n) is 3.23. The number of carbonyl (C=O) groups is 1. The molecular formula is C8H18ClN3O2. The van der Waals surface area contributed by atoms with Gasteiger partial charge in [-0.25, -0.2) is 0 Å². The largest absolute Gasteiger partial charge is 0.378 e. The Morgan fingerprint density at radius 2 is 2.50 bits per heavy atom. The lowest BCUT2D eigenvalue weighted by Crippen LogP contribution is -2.53. The lowest BCUT2D eigenvalue weighted by molar-refractivity contribution is -0.126. The number of ether oxygens (including phenoxy) is 1. The molecule has 1 amide bonds. The first kappa shape index (κ1) is 13.6. The van der Waals surface area contributed by atoms with E-state index in [2.05, 4.69) is 10.6 Å². The zero-order chi connectivity index (χ0) is 9.68. The molecule has 1 fully saturated rings. The van der Waals surface area contributed by atoms with Crippen LogP contribution in [-0.2, 0) is 9.53 Å². The van der Waals surface area contributed by atoms with Gasteiger partial charge < -0.3 is 21.1 Å². The van der Waals surface area contributed by atoms with Crippen LogP contribution in [0, 0.1) is 0 Å². The number of hydrogen-bond acceptors (Lipinski definition) is 4. The number of nitrogens with two attached hydrogens (primary N) is 1. The van der Waals surface area contributed by atoms with Gasteiger partial charge in [-0.05, 0) is 6.92 Å². The molecule has 1 aliphatic rings. The smallest absolute Gasteiger partial charge is 0.239 e. The number of rotatable bonds is 3. The lowest BCUT2D eigenvalue weighted by Gasteiger charge is -2.24. The Balaban J connectivity index is 0.00000169. The number of amides is 1. The van der Waals surface area contributed by atoms with E-state index >= 15 is 0 Å². The molecule has 0 saturated carbocycles. The molecule has 1 aliphatic heterocycles.